The van der Waals surface area contributed by atoms with Gasteiger partial charge in [0, 0.05) is 23.5 Å². The molecule has 0 N–H and O–H groups in total. The summed E-state index contributed by atoms with van der Waals surface area (Å²) in [7, 11) is 0. The van der Waals surface area contributed by atoms with Crippen molar-refractivity contribution in [2.75, 3.05) is 0 Å². The van der Waals surface area contributed by atoms with Crippen LogP contribution in [0, 0.1) is 11.6 Å². The second-order valence-corrected chi connectivity index (χ2v) is 4.64. The van der Waals surface area contributed by atoms with Crippen LogP contribution in [0.3, 0.4) is 0 Å². The van der Waals surface area contributed by atoms with Crippen molar-refractivity contribution in [3.63, 3.8) is 0 Å². The van der Waals surface area contributed by atoms with Crippen molar-refractivity contribution in [3.05, 3.63) is 95.8 Å². The summed E-state index contributed by atoms with van der Waals surface area (Å²) < 4.78 is 27.8. The topological polar surface area (TPSA) is 25.2 Å². The molecule has 0 spiro atoms. The molecule has 0 saturated heterocycles. The lowest BCUT2D eigenvalue weighted by molar-refractivity contribution is 0.587. The molecule has 0 saturated carbocycles. The summed E-state index contributed by atoms with van der Waals surface area (Å²) >= 11 is 0. The average molecular weight is 294 g/mol. The van der Waals surface area contributed by atoms with E-state index in [0.717, 1.165) is 5.56 Å². The second kappa shape index (κ2) is 6.26. The van der Waals surface area contributed by atoms with Gasteiger partial charge >= 0.3 is 0 Å². The second-order valence-electron chi connectivity index (χ2n) is 4.64. The van der Waals surface area contributed by atoms with Gasteiger partial charge in [-0.25, -0.2) is 13.8 Å². The van der Waals surface area contributed by atoms with Crippen molar-refractivity contribution in [3.8, 4) is 0 Å². The molecule has 1 aromatic heterocycles. The van der Waals surface area contributed by atoms with Crippen LogP contribution in [0.25, 0.3) is 0 Å². The van der Waals surface area contributed by atoms with Crippen LogP contribution in [0.1, 0.15) is 11.1 Å². The number of nitrogens with zero attached hydrogens (tertiary/aromatic N) is 2. The molecular formula is C18H12F2N2. The van der Waals surface area contributed by atoms with Crippen molar-refractivity contribution in [1.82, 2.24) is 4.98 Å². The average Bonchev–Trinajstić information content (AvgIpc) is 2.56. The van der Waals surface area contributed by atoms with E-state index < -0.39 is 11.6 Å². The quantitative estimate of drug-likeness (QED) is 0.652. The van der Waals surface area contributed by atoms with E-state index in [-0.39, 0.29) is 5.69 Å². The van der Waals surface area contributed by atoms with Gasteiger partial charge in [-0.05, 0) is 24.3 Å². The minimum absolute atomic E-state index is 0.301. The number of pyridine rings is 1. The number of halogens is 2. The highest BCUT2D eigenvalue weighted by atomic mass is 19.1. The predicted molar refractivity (Wildman–Crippen MR) is 82.3 cm³/mol. The van der Waals surface area contributed by atoms with Crippen LogP contribution < -0.4 is 0 Å². The predicted octanol–water partition coefficient (Wildman–Crippen LogP) is 4.53. The Bertz CT molecular complexity index is 738. The first kappa shape index (κ1) is 14.1. The van der Waals surface area contributed by atoms with Gasteiger partial charge < -0.3 is 0 Å². The molecule has 4 heteroatoms. The fourth-order valence-electron chi connectivity index (χ4n) is 2.10. The maximum atomic E-state index is 13.9. The maximum absolute atomic E-state index is 13.9. The van der Waals surface area contributed by atoms with Gasteiger partial charge in [-0.1, -0.05) is 36.4 Å². The van der Waals surface area contributed by atoms with Crippen LogP contribution in [0.15, 0.2) is 78.0 Å². The molecule has 0 amide bonds. The van der Waals surface area contributed by atoms with Crippen LogP contribution >= 0.6 is 0 Å². The van der Waals surface area contributed by atoms with Crippen molar-refractivity contribution in [1.29, 1.82) is 0 Å². The molecule has 0 bridgehead atoms. The summed E-state index contributed by atoms with van der Waals surface area (Å²) in [6.45, 7) is 0. The zero-order chi connectivity index (χ0) is 15.4. The lowest BCUT2D eigenvalue weighted by Crippen LogP contribution is -2.04. The molecule has 0 unspecified atom stereocenters. The first-order valence-corrected chi connectivity index (χ1v) is 6.74. The minimum atomic E-state index is -0.697. The molecule has 3 rings (SSSR count). The van der Waals surface area contributed by atoms with Crippen LogP contribution in [0.5, 0.6) is 0 Å². The zero-order valence-electron chi connectivity index (χ0n) is 11.6. The molecule has 0 aliphatic carbocycles. The van der Waals surface area contributed by atoms with Gasteiger partial charge in [-0.2, -0.15) is 0 Å². The summed E-state index contributed by atoms with van der Waals surface area (Å²) in [6.07, 6.45) is 3.25. The normalized spacial score (nSPS) is 11.5. The highest BCUT2D eigenvalue weighted by Crippen LogP contribution is 2.24. The Hall–Kier alpha value is -2.88. The first-order chi connectivity index (χ1) is 10.8. The molecule has 2 nitrogen and oxygen atoms in total. The van der Waals surface area contributed by atoms with Crippen LogP contribution in [-0.4, -0.2) is 10.7 Å². The van der Waals surface area contributed by atoms with Gasteiger partial charge in [0.25, 0.3) is 0 Å². The monoisotopic (exact) mass is 294 g/mol. The molecule has 0 aliphatic heterocycles. The molecule has 0 atom stereocenters. The van der Waals surface area contributed by atoms with Crippen LogP contribution in [0.2, 0.25) is 0 Å². The number of benzene rings is 2. The summed E-state index contributed by atoms with van der Waals surface area (Å²) in [5, 5.41) is 0. The molecule has 22 heavy (non-hydrogen) atoms. The third-order valence-corrected chi connectivity index (χ3v) is 3.14. The molecule has 0 radical (unpaired) electrons. The van der Waals surface area contributed by atoms with Gasteiger partial charge in [0.05, 0.1) is 5.71 Å². The fourth-order valence-corrected chi connectivity index (χ4v) is 2.10. The molecule has 108 valence electrons. The van der Waals surface area contributed by atoms with E-state index in [2.05, 4.69) is 9.98 Å². The van der Waals surface area contributed by atoms with E-state index in [1.54, 1.807) is 24.5 Å². The SMILES string of the molecule is Fc1cccc(F)c1N=C(c1ccccc1)c1cccnc1. The molecule has 3 aromatic rings. The maximum Gasteiger partial charge on any atom is 0.151 e. The lowest BCUT2D eigenvalue weighted by Gasteiger charge is -2.08. The van der Waals surface area contributed by atoms with Crippen molar-refractivity contribution >= 4 is 11.4 Å². The number of aromatic nitrogens is 1. The fraction of sp³-hybridized carbons (Fsp3) is 0. The minimum Gasteiger partial charge on any atom is -0.264 e. The van der Waals surface area contributed by atoms with Crippen LogP contribution in [-0.2, 0) is 0 Å². The van der Waals surface area contributed by atoms with Gasteiger partial charge in [0.2, 0.25) is 0 Å². The van der Waals surface area contributed by atoms with E-state index in [9.17, 15) is 8.78 Å². The Morgan fingerprint density at radius 2 is 1.45 bits per heavy atom. The Kier molecular flexibility index (Phi) is 4.01. The number of para-hydroxylation sites is 1. The van der Waals surface area contributed by atoms with Gasteiger partial charge in [-0.15, -0.1) is 0 Å². The zero-order valence-corrected chi connectivity index (χ0v) is 11.6. The Morgan fingerprint density at radius 3 is 2.09 bits per heavy atom. The Labute approximate surface area is 126 Å². The standard InChI is InChI=1S/C18H12F2N2/c19-15-9-4-10-16(20)18(15)22-17(13-6-2-1-3-7-13)14-8-5-11-21-12-14/h1-12H. The number of hydrogen-bond acceptors (Lipinski definition) is 2. The summed E-state index contributed by atoms with van der Waals surface area (Å²) in [5.41, 5.74) is 1.62. The van der Waals surface area contributed by atoms with Gasteiger partial charge in [-0.3, -0.25) is 4.98 Å². The molecule has 2 aromatic carbocycles. The van der Waals surface area contributed by atoms with E-state index >= 15 is 0 Å². The van der Waals surface area contributed by atoms with Crippen molar-refractivity contribution in [2.45, 2.75) is 0 Å². The van der Waals surface area contributed by atoms with Gasteiger partial charge in [0.15, 0.2) is 11.6 Å². The summed E-state index contributed by atoms with van der Waals surface area (Å²) in [6, 6.07) is 16.5. The summed E-state index contributed by atoms with van der Waals surface area (Å²) in [4.78, 5) is 8.27. The third kappa shape index (κ3) is 2.91. The van der Waals surface area contributed by atoms with E-state index in [1.807, 2.05) is 30.3 Å². The smallest absolute Gasteiger partial charge is 0.151 e. The molecule has 1 heterocycles. The Morgan fingerprint density at radius 1 is 0.773 bits per heavy atom. The van der Waals surface area contributed by atoms with E-state index in [4.69, 9.17) is 0 Å². The number of hydrogen-bond donors (Lipinski definition) is 0. The summed E-state index contributed by atoms with van der Waals surface area (Å²) in [5.74, 6) is -1.39. The number of rotatable bonds is 3. The van der Waals surface area contributed by atoms with Gasteiger partial charge in [0.1, 0.15) is 5.69 Å². The van der Waals surface area contributed by atoms with E-state index in [0.29, 0.717) is 11.3 Å². The molecule has 0 aliphatic rings. The number of aliphatic imine (C=N–C) groups is 1. The lowest BCUT2D eigenvalue weighted by atomic mass is 10.0. The van der Waals surface area contributed by atoms with Crippen LogP contribution in [0.4, 0.5) is 14.5 Å². The largest absolute Gasteiger partial charge is 0.264 e. The first-order valence-electron chi connectivity index (χ1n) is 6.74. The molecular weight excluding hydrogens is 282 g/mol. The highest BCUT2D eigenvalue weighted by Gasteiger charge is 2.12. The highest BCUT2D eigenvalue weighted by molar-refractivity contribution is 6.13. The van der Waals surface area contributed by atoms with E-state index in [1.165, 1.54) is 18.2 Å². The van der Waals surface area contributed by atoms with Crippen molar-refractivity contribution in [2.24, 2.45) is 4.99 Å². The van der Waals surface area contributed by atoms with Crippen molar-refractivity contribution < 1.29 is 8.78 Å². The molecule has 0 fully saturated rings. The third-order valence-electron chi connectivity index (χ3n) is 3.14. The Balaban J connectivity index is 2.20.